The van der Waals surface area contributed by atoms with Gasteiger partial charge in [-0.25, -0.2) is 0 Å². The number of carbonyl (C=O) groups excluding carboxylic acids is 1. The number of hydrogen-bond donors (Lipinski definition) is 1. The van der Waals surface area contributed by atoms with Crippen molar-refractivity contribution in [3.63, 3.8) is 0 Å². The smallest absolute Gasteiger partial charge is 0.311 e. The Kier molecular flexibility index (Phi) is 3.77. The molecule has 1 fully saturated rings. The fourth-order valence-corrected chi connectivity index (χ4v) is 2.54. The van der Waals surface area contributed by atoms with Crippen LogP contribution in [0.4, 0.5) is 0 Å². The molecule has 1 aromatic heterocycles. The molecule has 20 heavy (non-hydrogen) atoms. The second kappa shape index (κ2) is 5.09. The first-order valence-corrected chi connectivity index (χ1v) is 6.83. The summed E-state index contributed by atoms with van der Waals surface area (Å²) in [6.07, 6.45) is 0.478. The van der Waals surface area contributed by atoms with E-state index in [1.807, 2.05) is 0 Å². The first-order chi connectivity index (χ1) is 9.24. The summed E-state index contributed by atoms with van der Waals surface area (Å²) in [6.45, 7) is 6.06. The zero-order valence-corrected chi connectivity index (χ0v) is 12.6. The van der Waals surface area contributed by atoms with Gasteiger partial charge in [-0.1, -0.05) is 11.6 Å². The van der Waals surface area contributed by atoms with Crippen LogP contribution >= 0.6 is 11.6 Å². The molecule has 0 aromatic carbocycles. The second-order valence-corrected chi connectivity index (χ2v) is 5.95. The molecule has 0 aliphatic carbocycles. The Morgan fingerprint density at radius 3 is 2.55 bits per heavy atom. The second-order valence-electron chi connectivity index (χ2n) is 5.57. The standard InChI is InChI=1S/C13H18ClN3O3/c1-8-11(14)9(2)17(15-8)6-10(18)16-5-4-13(3,7-16)12(19)20/h4-7H2,1-3H3,(H,19,20)/t13-/m0/s1. The Balaban J connectivity index is 2.07. The molecule has 6 nitrogen and oxygen atoms in total. The molecule has 1 saturated heterocycles. The first kappa shape index (κ1) is 14.8. The monoisotopic (exact) mass is 299 g/mol. The van der Waals surface area contributed by atoms with Crippen molar-refractivity contribution in [3.05, 3.63) is 16.4 Å². The molecule has 0 bridgehead atoms. The highest BCUT2D eigenvalue weighted by Gasteiger charge is 2.42. The highest BCUT2D eigenvalue weighted by molar-refractivity contribution is 6.31. The molecule has 1 amide bonds. The van der Waals surface area contributed by atoms with Crippen molar-refractivity contribution >= 4 is 23.5 Å². The van der Waals surface area contributed by atoms with Gasteiger partial charge in [0.05, 0.1) is 21.8 Å². The van der Waals surface area contributed by atoms with E-state index >= 15 is 0 Å². The normalized spacial score (nSPS) is 22.3. The minimum atomic E-state index is -0.859. The lowest BCUT2D eigenvalue weighted by Crippen LogP contribution is -2.36. The van der Waals surface area contributed by atoms with Crippen molar-refractivity contribution in [2.75, 3.05) is 13.1 Å². The summed E-state index contributed by atoms with van der Waals surface area (Å²) in [7, 11) is 0. The molecule has 0 saturated carbocycles. The zero-order chi connectivity index (χ0) is 15.1. The van der Waals surface area contributed by atoms with Crippen molar-refractivity contribution in [2.24, 2.45) is 5.41 Å². The van der Waals surface area contributed by atoms with E-state index in [9.17, 15) is 14.7 Å². The SMILES string of the molecule is Cc1nn(CC(=O)N2CC[C@](C)(C(=O)O)C2)c(C)c1Cl. The fourth-order valence-electron chi connectivity index (χ4n) is 2.41. The summed E-state index contributed by atoms with van der Waals surface area (Å²) in [5, 5.41) is 14.0. The maximum absolute atomic E-state index is 12.2. The third-order valence-corrected chi connectivity index (χ3v) is 4.47. The van der Waals surface area contributed by atoms with E-state index in [2.05, 4.69) is 5.10 Å². The predicted molar refractivity (Wildman–Crippen MR) is 73.7 cm³/mol. The lowest BCUT2D eigenvalue weighted by molar-refractivity contribution is -0.147. The van der Waals surface area contributed by atoms with Gasteiger partial charge >= 0.3 is 5.97 Å². The predicted octanol–water partition coefficient (Wildman–Crippen LogP) is 1.48. The fraction of sp³-hybridized carbons (Fsp3) is 0.615. The van der Waals surface area contributed by atoms with E-state index in [1.54, 1.807) is 30.4 Å². The highest BCUT2D eigenvalue weighted by Crippen LogP contribution is 2.30. The van der Waals surface area contributed by atoms with Crippen molar-refractivity contribution in [3.8, 4) is 0 Å². The number of aryl methyl sites for hydroxylation is 1. The summed E-state index contributed by atoms with van der Waals surface area (Å²) < 4.78 is 1.57. The first-order valence-electron chi connectivity index (χ1n) is 6.45. The van der Waals surface area contributed by atoms with Gasteiger partial charge in [0.15, 0.2) is 0 Å². The Morgan fingerprint density at radius 2 is 2.10 bits per heavy atom. The van der Waals surface area contributed by atoms with Gasteiger partial charge in [0.1, 0.15) is 6.54 Å². The Bertz CT molecular complexity index is 569. The lowest BCUT2D eigenvalue weighted by atomic mass is 9.90. The van der Waals surface area contributed by atoms with E-state index in [-0.39, 0.29) is 19.0 Å². The number of rotatable bonds is 3. The van der Waals surface area contributed by atoms with E-state index in [4.69, 9.17) is 11.6 Å². The van der Waals surface area contributed by atoms with Gasteiger partial charge in [-0.05, 0) is 27.2 Å². The maximum Gasteiger partial charge on any atom is 0.311 e. The van der Waals surface area contributed by atoms with Gasteiger partial charge in [0, 0.05) is 13.1 Å². The summed E-state index contributed by atoms with van der Waals surface area (Å²) in [5.74, 6) is -0.987. The lowest BCUT2D eigenvalue weighted by Gasteiger charge is -2.20. The topological polar surface area (TPSA) is 75.4 Å². The van der Waals surface area contributed by atoms with E-state index in [0.29, 0.717) is 23.7 Å². The number of hydrogen-bond acceptors (Lipinski definition) is 3. The molecule has 1 N–H and O–H groups in total. The van der Waals surface area contributed by atoms with Crippen molar-refractivity contribution in [1.82, 2.24) is 14.7 Å². The molecular formula is C13H18ClN3O3. The van der Waals surface area contributed by atoms with Gasteiger partial charge in [0.25, 0.3) is 0 Å². The van der Waals surface area contributed by atoms with Crippen LogP contribution in [0.3, 0.4) is 0 Å². The van der Waals surface area contributed by atoms with E-state index < -0.39 is 11.4 Å². The number of carbonyl (C=O) groups is 2. The number of aromatic nitrogens is 2. The average molecular weight is 300 g/mol. The number of carboxylic acids is 1. The molecule has 0 unspecified atom stereocenters. The molecule has 1 aliphatic rings. The Labute approximate surface area is 122 Å². The third-order valence-electron chi connectivity index (χ3n) is 3.92. The Morgan fingerprint density at radius 1 is 1.45 bits per heavy atom. The number of halogens is 1. The Hall–Kier alpha value is -1.56. The molecule has 1 atom stereocenters. The molecule has 2 rings (SSSR count). The maximum atomic E-state index is 12.2. The average Bonchev–Trinajstić information content (AvgIpc) is 2.89. The van der Waals surface area contributed by atoms with Crippen LogP contribution in [0.1, 0.15) is 24.7 Å². The largest absolute Gasteiger partial charge is 0.481 e. The van der Waals surface area contributed by atoms with Crippen molar-refractivity contribution in [2.45, 2.75) is 33.7 Å². The zero-order valence-electron chi connectivity index (χ0n) is 11.8. The molecule has 0 radical (unpaired) electrons. The van der Waals surface area contributed by atoms with Gasteiger partial charge in [-0.3, -0.25) is 14.3 Å². The molecule has 2 heterocycles. The minimum Gasteiger partial charge on any atom is -0.481 e. The molecular weight excluding hydrogens is 282 g/mol. The van der Waals surface area contributed by atoms with Crippen molar-refractivity contribution in [1.29, 1.82) is 0 Å². The summed E-state index contributed by atoms with van der Waals surface area (Å²) >= 11 is 6.04. The number of amides is 1. The third kappa shape index (κ3) is 2.52. The number of aliphatic carboxylic acids is 1. The summed E-state index contributed by atoms with van der Waals surface area (Å²) in [6, 6.07) is 0. The summed E-state index contributed by atoms with van der Waals surface area (Å²) in [5.41, 5.74) is 0.592. The highest BCUT2D eigenvalue weighted by atomic mass is 35.5. The molecule has 1 aromatic rings. The molecule has 110 valence electrons. The van der Waals surface area contributed by atoms with Crippen LogP contribution in [-0.4, -0.2) is 44.8 Å². The number of likely N-dealkylation sites (tertiary alicyclic amines) is 1. The van der Waals surface area contributed by atoms with Crippen molar-refractivity contribution < 1.29 is 14.7 Å². The number of nitrogens with zero attached hydrogens (tertiary/aromatic N) is 3. The van der Waals surface area contributed by atoms with Crippen LogP contribution in [-0.2, 0) is 16.1 Å². The quantitative estimate of drug-likeness (QED) is 0.917. The van der Waals surface area contributed by atoms with Crippen LogP contribution in [0.25, 0.3) is 0 Å². The van der Waals surface area contributed by atoms with Gasteiger partial charge in [-0.15, -0.1) is 0 Å². The van der Waals surface area contributed by atoms with Crippen LogP contribution in [0, 0.1) is 19.3 Å². The van der Waals surface area contributed by atoms with Crippen LogP contribution < -0.4 is 0 Å². The van der Waals surface area contributed by atoms with Crippen LogP contribution in [0.2, 0.25) is 5.02 Å². The van der Waals surface area contributed by atoms with Crippen LogP contribution in [0.5, 0.6) is 0 Å². The number of carboxylic acid groups (broad SMARTS) is 1. The van der Waals surface area contributed by atoms with Crippen LogP contribution in [0.15, 0.2) is 0 Å². The van der Waals surface area contributed by atoms with Gasteiger partial charge < -0.3 is 10.0 Å². The van der Waals surface area contributed by atoms with Gasteiger partial charge in [-0.2, -0.15) is 5.10 Å². The summed E-state index contributed by atoms with van der Waals surface area (Å²) in [4.78, 5) is 25.0. The molecule has 0 spiro atoms. The minimum absolute atomic E-state index is 0.0924. The van der Waals surface area contributed by atoms with E-state index in [1.165, 1.54) is 0 Å². The molecule has 1 aliphatic heterocycles. The van der Waals surface area contributed by atoms with Gasteiger partial charge in [0.2, 0.25) is 5.91 Å². The van der Waals surface area contributed by atoms with E-state index in [0.717, 1.165) is 5.69 Å². The molecule has 7 heteroatoms.